The first-order valence-corrected chi connectivity index (χ1v) is 4.28. The molecule has 0 aliphatic heterocycles. The monoisotopic (exact) mass is 194 g/mol. The molecule has 1 aromatic carbocycles. The number of aliphatic carboxylic acids is 1. The van der Waals surface area contributed by atoms with Crippen LogP contribution in [0, 0.1) is 0 Å². The fourth-order valence-electron chi connectivity index (χ4n) is 1.31. The molecule has 0 aliphatic rings. The molecule has 0 bridgehead atoms. The molecular formula is C10H14N2O2. The molecule has 76 valence electrons. The minimum absolute atomic E-state index is 0.115. The van der Waals surface area contributed by atoms with Crippen molar-refractivity contribution in [3.63, 3.8) is 0 Å². The number of hydrogen-bond donors (Lipinski definition) is 3. The zero-order chi connectivity index (χ0) is 10.8. The van der Waals surface area contributed by atoms with Crippen LogP contribution >= 0.6 is 0 Å². The van der Waals surface area contributed by atoms with Crippen molar-refractivity contribution < 1.29 is 9.90 Å². The highest BCUT2D eigenvalue weighted by atomic mass is 16.4. The van der Waals surface area contributed by atoms with Gasteiger partial charge in [0.1, 0.15) is 0 Å². The van der Waals surface area contributed by atoms with Crippen LogP contribution in [0.2, 0.25) is 0 Å². The molecule has 0 saturated carbocycles. The van der Waals surface area contributed by atoms with Gasteiger partial charge in [0.25, 0.3) is 0 Å². The fraction of sp³-hybridized carbons (Fsp3) is 0.300. The minimum atomic E-state index is -0.919. The molecule has 1 rings (SSSR count). The van der Waals surface area contributed by atoms with E-state index in [1.807, 2.05) is 0 Å². The number of carbonyl (C=O) groups is 1. The van der Waals surface area contributed by atoms with Crippen LogP contribution in [0.3, 0.4) is 0 Å². The van der Waals surface area contributed by atoms with Crippen LogP contribution in [-0.2, 0) is 10.3 Å². The number of carboxylic acids is 1. The molecule has 0 fully saturated rings. The van der Waals surface area contributed by atoms with E-state index < -0.39 is 11.5 Å². The quantitative estimate of drug-likeness (QED) is 0.624. The molecule has 0 aromatic heterocycles. The number of hydrogen-bond acceptors (Lipinski definition) is 3. The molecule has 1 atom stereocenters. The van der Waals surface area contributed by atoms with Gasteiger partial charge >= 0.3 is 5.97 Å². The summed E-state index contributed by atoms with van der Waals surface area (Å²) < 4.78 is 0. The maximum atomic E-state index is 10.6. The molecule has 14 heavy (non-hydrogen) atoms. The van der Waals surface area contributed by atoms with Gasteiger partial charge in [0.2, 0.25) is 0 Å². The van der Waals surface area contributed by atoms with Gasteiger partial charge < -0.3 is 16.6 Å². The lowest BCUT2D eigenvalue weighted by Gasteiger charge is -2.23. The van der Waals surface area contributed by atoms with Gasteiger partial charge in [-0.2, -0.15) is 0 Å². The number of benzene rings is 1. The Morgan fingerprint density at radius 2 is 2.21 bits per heavy atom. The third-order valence-electron chi connectivity index (χ3n) is 2.06. The number of anilines is 1. The molecule has 0 aliphatic carbocycles. The maximum Gasteiger partial charge on any atom is 0.305 e. The van der Waals surface area contributed by atoms with Crippen molar-refractivity contribution in [2.75, 3.05) is 5.73 Å². The zero-order valence-electron chi connectivity index (χ0n) is 8.03. The van der Waals surface area contributed by atoms with Gasteiger partial charge in [-0.1, -0.05) is 12.1 Å². The van der Waals surface area contributed by atoms with Crippen LogP contribution in [0.15, 0.2) is 24.3 Å². The fourth-order valence-corrected chi connectivity index (χ4v) is 1.31. The first kappa shape index (κ1) is 10.5. The van der Waals surface area contributed by atoms with E-state index in [0.29, 0.717) is 5.69 Å². The molecule has 5 N–H and O–H groups in total. The van der Waals surface area contributed by atoms with Crippen LogP contribution in [0.5, 0.6) is 0 Å². The van der Waals surface area contributed by atoms with Crippen LogP contribution in [0.4, 0.5) is 5.69 Å². The summed E-state index contributed by atoms with van der Waals surface area (Å²) in [7, 11) is 0. The molecule has 0 amide bonds. The lowest BCUT2D eigenvalue weighted by molar-refractivity contribution is -0.138. The largest absolute Gasteiger partial charge is 0.481 e. The Morgan fingerprint density at radius 1 is 1.57 bits per heavy atom. The third kappa shape index (κ3) is 2.47. The zero-order valence-corrected chi connectivity index (χ0v) is 8.03. The van der Waals surface area contributed by atoms with Crippen molar-refractivity contribution in [3.8, 4) is 0 Å². The van der Waals surface area contributed by atoms with Crippen molar-refractivity contribution in [1.29, 1.82) is 0 Å². The van der Waals surface area contributed by atoms with Crippen LogP contribution < -0.4 is 11.5 Å². The molecule has 4 heteroatoms. The van der Waals surface area contributed by atoms with Crippen molar-refractivity contribution in [2.45, 2.75) is 18.9 Å². The average Bonchev–Trinajstić information content (AvgIpc) is 2.01. The number of nitrogens with two attached hydrogens (primary N) is 2. The van der Waals surface area contributed by atoms with Crippen LogP contribution in [0.1, 0.15) is 18.9 Å². The molecule has 1 unspecified atom stereocenters. The predicted octanol–water partition coefficient (Wildman–Crippen LogP) is 0.917. The van der Waals surface area contributed by atoms with Gasteiger partial charge in [0.15, 0.2) is 0 Å². The summed E-state index contributed by atoms with van der Waals surface area (Å²) in [5.41, 5.74) is 11.9. The van der Waals surface area contributed by atoms with Gasteiger partial charge in [-0.25, -0.2) is 0 Å². The SMILES string of the molecule is CC(N)(CC(=O)O)c1cccc(N)c1. The molecule has 0 saturated heterocycles. The molecule has 0 heterocycles. The number of nitrogen functional groups attached to an aromatic ring is 1. The van der Waals surface area contributed by atoms with E-state index in [1.54, 1.807) is 31.2 Å². The van der Waals surface area contributed by atoms with E-state index in [-0.39, 0.29) is 6.42 Å². The normalized spacial score (nSPS) is 14.7. The Balaban J connectivity index is 2.97. The summed E-state index contributed by atoms with van der Waals surface area (Å²) in [5.74, 6) is -0.919. The summed E-state index contributed by atoms with van der Waals surface area (Å²) in [6, 6.07) is 6.97. The minimum Gasteiger partial charge on any atom is -0.481 e. The smallest absolute Gasteiger partial charge is 0.305 e. The van der Waals surface area contributed by atoms with Gasteiger partial charge in [-0.3, -0.25) is 4.79 Å². The van der Waals surface area contributed by atoms with Gasteiger partial charge in [-0.05, 0) is 24.6 Å². The molecule has 0 spiro atoms. The lowest BCUT2D eigenvalue weighted by Crippen LogP contribution is -2.35. The Labute approximate surface area is 82.5 Å². The van der Waals surface area contributed by atoms with Crippen molar-refractivity contribution in [1.82, 2.24) is 0 Å². The average molecular weight is 194 g/mol. The summed E-state index contributed by atoms with van der Waals surface area (Å²) >= 11 is 0. The lowest BCUT2D eigenvalue weighted by atomic mass is 9.89. The van der Waals surface area contributed by atoms with E-state index in [9.17, 15) is 4.79 Å². The van der Waals surface area contributed by atoms with E-state index in [2.05, 4.69) is 0 Å². The number of rotatable bonds is 3. The highest BCUT2D eigenvalue weighted by Crippen LogP contribution is 2.22. The topological polar surface area (TPSA) is 89.3 Å². The van der Waals surface area contributed by atoms with Crippen molar-refractivity contribution >= 4 is 11.7 Å². The number of carboxylic acid groups (broad SMARTS) is 1. The van der Waals surface area contributed by atoms with E-state index >= 15 is 0 Å². The van der Waals surface area contributed by atoms with Crippen molar-refractivity contribution in [3.05, 3.63) is 29.8 Å². The molecule has 0 radical (unpaired) electrons. The van der Waals surface area contributed by atoms with Gasteiger partial charge in [-0.15, -0.1) is 0 Å². The Bertz CT molecular complexity index is 348. The second-order valence-corrected chi connectivity index (χ2v) is 3.61. The highest BCUT2D eigenvalue weighted by molar-refractivity contribution is 5.69. The van der Waals surface area contributed by atoms with E-state index in [4.69, 9.17) is 16.6 Å². The summed E-state index contributed by atoms with van der Waals surface area (Å²) in [4.78, 5) is 10.6. The maximum absolute atomic E-state index is 10.6. The van der Waals surface area contributed by atoms with E-state index in [1.165, 1.54) is 0 Å². The highest BCUT2D eigenvalue weighted by Gasteiger charge is 2.24. The van der Waals surface area contributed by atoms with Gasteiger partial charge in [0, 0.05) is 11.2 Å². The summed E-state index contributed by atoms with van der Waals surface area (Å²) in [6.07, 6.45) is -0.115. The predicted molar refractivity (Wildman–Crippen MR) is 54.6 cm³/mol. The summed E-state index contributed by atoms with van der Waals surface area (Å²) in [5, 5.41) is 8.67. The third-order valence-corrected chi connectivity index (χ3v) is 2.06. The second kappa shape index (κ2) is 3.67. The standard InChI is InChI=1S/C10H14N2O2/c1-10(12,6-9(13)14)7-3-2-4-8(11)5-7/h2-5H,6,11-12H2,1H3,(H,13,14). The Kier molecular flexibility index (Phi) is 2.76. The van der Waals surface area contributed by atoms with Crippen LogP contribution in [-0.4, -0.2) is 11.1 Å². The van der Waals surface area contributed by atoms with Crippen LogP contribution in [0.25, 0.3) is 0 Å². The Morgan fingerprint density at radius 3 is 2.71 bits per heavy atom. The van der Waals surface area contributed by atoms with E-state index in [0.717, 1.165) is 5.56 Å². The Hall–Kier alpha value is -1.55. The molecule has 1 aromatic rings. The van der Waals surface area contributed by atoms with Crippen molar-refractivity contribution in [2.24, 2.45) is 5.73 Å². The second-order valence-electron chi connectivity index (χ2n) is 3.61. The molecule has 4 nitrogen and oxygen atoms in total. The summed E-state index contributed by atoms with van der Waals surface area (Å²) in [6.45, 7) is 1.68. The first-order chi connectivity index (χ1) is 6.42. The first-order valence-electron chi connectivity index (χ1n) is 4.28. The molecular weight excluding hydrogens is 180 g/mol. The van der Waals surface area contributed by atoms with Gasteiger partial charge in [0.05, 0.1) is 6.42 Å².